The monoisotopic (exact) mass is 285 g/mol. The Kier molecular flexibility index (Phi) is 3.97. The summed E-state index contributed by atoms with van der Waals surface area (Å²) < 4.78 is 0. The number of hydrogen-bond donors (Lipinski definition) is 2. The Bertz CT molecular complexity index is 483. The molecule has 3 heteroatoms. The van der Waals surface area contributed by atoms with E-state index < -0.39 is 0 Å². The minimum atomic E-state index is 0.533. The third kappa shape index (κ3) is 3.15. The Labute approximate surface area is 128 Å². The maximum atomic E-state index is 3.87. The molecule has 1 aromatic carbocycles. The molecule has 3 aliphatic rings. The van der Waals surface area contributed by atoms with Crippen molar-refractivity contribution in [2.75, 3.05) is 26.2 Å². The Hall–Kier alpha value is -0.900. The number of likely N-dealkylation sites (tertiary alicyclic amines) is 1. The second-order valence-corrected chi connectivity index (χ2v) is 7.01. The molecule has 0 bridgehead atoms. The van der Waals surface area contributed by atoms with Crippen LogP contribution in [0.25, 0.3) is 0 Å². The van der Waals surface area contributed by atoms with Crippen LogP contribution in [0.5, 0.6) is 0 Å². The molecule has 1 saturated carbocycles. The zero-order chi connectivity index (χ0) is 14.1. The van der Waals surface area contributed by atoms with Crippen LogP contribution in [0.1, 0.15) is 42.9 Å². The number of rotatable bonds is 4. The van der Waals surface area contributed by atoms with Gasteiger partial charge >= 0.3 is 0 Å². The number of hydrogen-bond acceptors (Lipinski definition) is 3. The summed E-state index contributed by atoms with van der Waals surface area (Å²) in [5.74, 6) is 0.856. The van der Waals surface area contributed by atoms with Crippen LogP contribution in [-0.4, -0.2) is 37.1 Å². The second-order valence-electron chi connectivity index (χ2n) is 7.01. The van der Waals surface area contributed by atoms with Crippen molar-refractivity contribution in [3.05, 3.63) is 35.4 Å². The smallest absolute Gasteiger partial charge is 0.0335 e. The highest BCUT2D eigenvalue weighted by molar-refractivity contribution is 5.31. The van der Waals surface area contributed by atoms with Gasteiger partial charge in [0.1, 0.15) is 0 Å². The van der Waals surface area contributed by atoms with Gasteiger partial charge in [-0.1, -0.05) is 24.3 Å². The summed E-state index contributed by atoms with van der Waals surface area (Å²) in [6.07, 6.45) is 5.48. The molecule has 114 valence electrons. The summed E-state index contributed by atoms with van der Waals surface area (Å²) in [5, 5.41) is 7.42. The minimum absolute atomic E-state index is 0.533. The van der Waals surface area contributed by atoms with E-state index in [4.69, 9.17) is 0 Å². The number of fused-ring (bicyclic) bond motifs is 1. The molecule has 3 nitrogen and oxygen atoms in total. The molecule has 4 rings (SSSR count). The molecule has 0 spiro atoms. The van der Waals surface area contributed by atoms with Gasteiger partial charge < -0.3 is 15.5 Å². The third-order valence-corrected chi connectivity index (χ3v) is 5.39. The van der Waals surface area contributed by atoms with E-state index in [2.05, 4.69) is 39.8 Å². The van der Waals surface area contributed by atoms with Gasteiger partial charge in [0.15, 0.2) is 0 Å². The molecule has 0 aromatic heterocycles. The fraction of sp³-hybridized carbons (Fsp3) is 0.667. The standard InChI is InChI=1S/C18H27N3/c1-2-4-17-15(3-1)12-19-9-7-18(17)20-11-14-8-10-21(13-14)16-5-6-16/h1-4,14,16,18-20H,5-13H2. The first-order valence-electron chi connectivity index (χ1n) is 8.66. The van der Waals surface area contributed by atoms with Crippen molar-refractivity contribution in [1.82, 2.24) is 15.5 Å². The quantitative estimate of drug-likeness (QED) is 0.889. The van der Waals surface area contributed by atoms with Crippen LogP contribution >= 0.6 is 0 Å². The van der Waals surface area contributed by atoms with E-state index in [0.717, 1.165) is 25.0 Å². The van der Waals surface area contributed by atoms with E-state index in [0.29, 0.717) is 6.04 Å². The molecule has 0 radical (unpaired) electrons. The lowest BCUT2D eigenvalue weighted by Crippen LogP contribution is -2.30. The van der Waals surface area contributed by atoms with E-state index in [1.165, 1.54) is 56.4 Å². The van der Waals surface area contributed by atoms with Crippen molar-refractivity contribution in [2.24, 2.45) is 5.92 Å². The summed E-state index contributed by atoms with van der Waals surface area (Å²) in [6, 6.07) is 10.4. The predicted molar refractivity (Wildman–Crippen MR) is 86.2 cm³/mol. The van der Waals surface area contributed by atoms with Crippen molar-refractivity contribution in [1.29, 1.82) is 0 Å². The maximum absolute atomic E-state index is 3.87. The largest absolute Gasteiger partial charge is 0.313 e. The molecule has 2 unspecified atom stereocenters. The van der Waals surface area contributed by atoms with E-state index in [1.807, 2.05) is 0 Å². The average Bonchev–Trinajstić information content (AvgIpc) is 3.29. The minimum Gasteiger partial charge on any atom is -0.313 e. The molecule has 1 saturated heterocycles. The summed E-state index contributed by atoms with van der Waals surface area (Å²) in [5.41, 5.74) is 2.98. The Morgan fingerprint density at radius 1 is 1.14 bits per heavy atom. The van der Waals surface area contributed by atoms with Crippen LogP contribution < -0.4 is 10.6 Å². The van der Waals surface area contributed by atoms with Crippen LogP contribution in [-0.2, 0) is 6.54 Å². The molecule has 1 aromatic rings. The average molecular weight is 285 g/mol. The maximum Gasteiger partial charge on any atom is 0.0335 e. The summed E-state index contributed by atoms with van der Waals surface area (Å²) in [6.45, 7) is 5.98. The molecule has 2 atom stereocenters. The highest BCUT2D eigenvalue weighted by Gasteiger charge is 2.34. The zero-order valence-corrected chi connectivity index (χ0v) is 12.9. The molecule has 2 fully saturated rings. The molecular weight excluding hydrogens is 258 g/mol. The summed E-state index contributed by atoms with van der Waals surface area (Å²) in [7, 11) is 0. The normalized spacial score (nSPS) is 30.1. The van der Waals surface area contributed by atoms with Crippen LogP contribution in [0.3, 0.4) is 0 Å². The molecule has 2 aliphatic heterocycles. The van der Waals surface area contributed by atoms with Crippen molar-refractivity contribution in [3.63, 3.8) is 0 Å². The lowest BCUT2D eigenvalue weighted by atomic mass is 9.98. The summed E-state index contributed by atoms with van der Waals surface area (Å²) in [4.78, 5) is 2.72. The zero-order valence-electron chi connectivity index (χ0n) is 12.9. The van der Waals surface area contributed by atoms with E-state index >= 15 is 0 Å². The predicted octanol–water partition coefficient (Wildman–Crippen LogP) is 2.29. The highest BCUT2D eigenvalue weighted by atomic mass is 15.2. The van der Waals surface area contributed by atoms with Crippen molar-refractivity contribution in [2.45, 2.75) is 44.3 Å². The van der Waals surface area contributed by atoms with Gasteiger partial charge in [0.2, 0.25) is 0 Å². The fourth-order valence-corrected chi connectivity index (χ4v) is 3.98. The van der Waals surface area contributed by atoms with E-state index in [9.17, 15) is 0 Å². The van der Waals surface area contributed by atoms with Gasteiger partial charge in [0.05, 0.1) is 0 Å². The number of benzene rings is 1. The first-order chi connectivity index (χ1) is 10.4. The SMILES string of the molecule is c1ccc2c(c1)CNCCC2NCC1CCN(C2CC2)C1. The van der Waals surface area contributed by atoms with Crippen molar-refractivity contribution in [3.8, 4) is 0 Å². The first kappa shape index (κ1) is 13.7. The molecule has 2 N–H and O–H groups in total. The van der Waals surface area contributed by atoms with Gasteiger partial charge in [-0.3, -0.25) is 0 Å². The molecular formula is C18H27N3. The van der Waals surface area contributed by atoms with Gasteiger partial charge in [-0.25, -0.2) is 0 Å². The van der Waals surface area contributed by atoms with Gasteiger partial charge in [-0.2, -0.15) is 0 Å². The van der Waals surface area contributed by atoms with Crippen LogP contribution in [0.4, 0.5) is 0 Å². The van der Waals surface area contributed by atoms with Gasteiger partial charge in [0.25, 0.3) is 0 Å². The highest BCUT2D eigenvalue weighted by Crippen LogP contribution is 2.32. The lowest BCUT2D eigenvalue weighted by molar-refractivity contribution is 0.308. The van der Waals surface area contributed by atoms with Crippen LogP contribution in [0.2, 0.25) is 0 Å². The molecule has 21 heavy (non-hydrogen) atoms. The number of nitrogens with zero attached hydrogens (tertiary/aromatic N) is 1. The lowest BCUT2D eigenvalue weighted by Gasteiger charge is -2.22. The number of nitrogens with one attached hydrogen (secondary N) is 2. The second kappa shape index (κ2) is 6.07. The van der Waals surface area contributed by atoms with Crippen molar-refractivity contribution >= 4 is 0 Å². The van der Waals surface area contributed by atoms with E-state index in [-0.39, 0.29) is 0 Å². The van der Waals surface area contributed by atoms with Gasteiger partial charge in [-0.05, 0) is 62.4 Å². The fourth-order valence-electron chi connectivity index (χ4n) is 3.98. The molecule has 0 amide bonds. The Morgan fingerprint density at radius 2 is 2.05 bits per heavy atom. The van der Waals surface area contributed by atoms with Crippen molar-refractivity contribution < 1.29 is 0 Å². The van der Waals surface area contributed by atoms with Gasteiger partial charge in [0, 0.05) is 25.2 Å². The van der Waals surface area contributed by atoms with Crippen LogP contribution in [0.15, 0.2) is 24.3 Å². The topological polar surface area (TPSA) is 27.3 Å². The summed E-state index contributed by atoms with van der Waals surface area (Å²) >= 11 is 0. The Balaban J connectivity index is 1.36. The van der Waals surface area contributed by atoms with Crippen LogP contribution in [0, 0.1) is 5.92 Å². The first-order valence-corrected chi connectivity index (χ1v) is 8.66. The molecule has 2 heterocycles. The van der Waals surface area contributed by atoms with Gasteiger partial charge in [-0.15, -0.1) is 0 Å². The molecule has 1 aliphatic carbocycles. The third-order valence-electron chi connectivity index (χ3n) is 5.39. The van der Waals surface area contributed by atoms with E-state index in [1.54, 1.807) is 0 Å². The Morgan fingerprint density at radius 3 is 2.95 bits per heavy atom.